The van der Waals surface area contributed by atoms with Gasteiger partial charge in [0.15, 0.2) is 11.2 Å². The molecule has 0 spiro atoms. The Kier molecular flexibility index (Phi) is 3.27. The fourth-order valence-corrected chi connectivity index (χ4v) is 2.77. The lowest BCUT2D eigenvalue weighted by molar-refractivity contribution is -0.385. The maximum Gasteiger partial charge on any atom is 0.417 e. The van der Waals surface area contributed by atoms with Crippen LogP contribution in [0.15, 0.2) is 0 Å². The lowest BCUT2D eigenvalue weighted by Gasteiger charge is -2.52. The molecule has 1 aliphatic heterocycles. The third kappa shape index (κ3) is 2.60. The zero-order valence-corrected chi connectivity index (χ0v) is 10.6. The van der Waals surface area contributed by atoms with E-state index in [0.29, 0.717) is 13.8 Å². The molecule has 0 radical (unpaired) electrons. The SMILES string of the molecule is CC1(C)CC(C)(C(F)(F)F)OC(C)(C(F)(F)F)C1. The summed E-state index contributed by atoms with van der Waals surface area (Å²) in [4.78, 5) is 0. The summed E-state index contributed by atoms with van der Waals surface area (Å²) in [6, 6.07) is 0. The van der Waals surface area contributed by atoms with Crippen LogP contribution in [-0.2, 0) is 4.74 Å². The van der Waals surface area contributed by atoms with Crippen LogP contribution in [0.5, 0.6) is 0 Å². The molecule has 1 nitrogen and oxygen atoms in total. The fraction of sp³-hybridized carbons (Fsp3) is 1.00. The van der Waals surface area contributed by atoms with Crippen molar-refractivity contribution in [3.63, 3.8) is 0 Å². The van der Waals surface area contributed by atoms with Crippen molar-refractivity contribution < 1.29 is 31.1 Å². The van der Waals surface area contributed by atoms with Gasteiger partial charge >= 0.3 is 12.4 Å². The minimum absolute atomic E-state index is 0.491. The molecule has 1 aliphatic rings. The van der Waals surface area contributed by atoms with Crippen LogP contribution in [0, 0.1) is 5.41 Å². The van der Waals surface area contributed by atoms with Crippen molar-refractivity contribution >= 4 is 0 Å². The van der Waals surface area contributed by atoms with Crippen LogP contribution >= 0.6 is 0 Å². The number of hydrogen-bond acceptors (Lipinski definition) is 1. The Morgan fingerprint density at radius 1 is 0.722 bits per heavy atom. The summed E-state index contributed by atoms with van der Waals surface area (Å²) < 4.78 is 81.9. The van der Waals surface area contributed by atoms with E-state index >= 15 is 0 Å². The quantitative estimate of drug-likeness (QED) is 0.594. The summed E-state index contributed by atoms with van der Waals surface area (Å²) in [5.74, 6) is 0. The van der Waals surface area contributed by atoms with Gasteiger partial charge in [-0.2, -0.15) is 26.3 Å². The molecule has 0 saturated carbocycles. The number of ether oxygens (including phenoxy) is 1. The van der Waals surface area contributed by atoms with E-state index in [4.69, 9.17) is 0 Å². The van der Waals surface area contributed by atoms with Gasteiger partial charge < -0.3 is 4.74 Å². The Bertz CT molecular complexity index is 301. The number of alkyl halides is 6. The number of halogens is 6. The van der Waals surface area contributed by atoms with E-state index in [1.807, 2.05) is 0 Å². The van der Waals surface area contributed by atoms with Gasteiger partial charge in [0, 0.05) is 0 Å². The highest BCUT2D eigenvalue weighted by Gasteiger charge is 2.67. The van der Waals surface area contributed by atoms with Crippen LogP contribution in [0.4, 0.5) is 26.3 Å². The first-order valence-corrected chi connectivity index (χ1v) is 5.46. The molecule has 1 fully saturated rings. The average Bonchev–Trinajstić information content (AvgIpc) is 1.93. The molecule has 0 bridgehead atoms. The number of rotatable bonds is 0. The lowest BCUT2D eigenvalue weighted by atomic mass is 9.70. The van der Waals surface area contributed by atoms with Crippen molar-refractivity contribution in [2.75, 3.05) is 0 Å². The predicted octanol–water partition coefficient (Wildman–Crippen LogP) is 4.47. The van der Waals surface area contributed by atoms with Crippen LogP contribution < -0.4 is 0 Å². The van der Waals surface area contributed by atoms with Gasteiger partial charge in [0.05, 0.1) is 0 Å². The third-order valence-electron chi connectivity index (χ3n) is 3.28. The molecule has 0 aliphatic carbocycles. The molecule has 0 N–H and O–H groups in total. The molecule has 1 rings (SSSR count). The van der Waals surface area contributed by atoms with Crippen LogP contribution in [-0.4, -0.2) is 23.6 Å². The monoisotopic (exact) mass is 278 g/mol. The summed E-state index contributed by atoms with van der Waals surface area (Å²) in [6.45, 7) is 4.14. The van der Waals surface area contributed by atoms with Crippen molar-refractivity contribution in [1.29, 1.82) is 0 Å². The molecule has 0 aromatic rings. The summed E-state index contributed by atoms with van der Waals surface area (Å²) in [5.41, 5.74) is -6.66. The van der Waals surface area contributed by atoms with Crippen LogP contribution in [0.1, 0.15) is 40.5 Å². The highest BCUT2D eigenvalue weighted by Crippen LogP contribution is 2.55. The van der Waals surface area contributed by atoms with Crippen molar-refractivity contribution in [3.05, 3.63) is 0 Å². The predicted molar refractivity (Wildman–Crippen MR) is 53.0 cm³/mol. The minimum Gasteiger partial charge on any atom is -0.350 e. The second-order valence-corrected chi connectivity index (χ2v) is 6.08. The van der Waals surface area contributed by atoms with Gasteiger partial charge in [-0.25, -0.2) is 0 Å². The Morgan fingerprint density at radius 2 is 1.00 bits per heavy atom. The third-order valence-corrected chi connectivity index (χ3v) is 3.28. The maximum absolute atomic E-state index is 12.9. The first kappa shape index (κ1) is 15.6. The van der Waals surface area contributed by atoms with Crippen molar-refractivity contribution in [2.45, 2.75) is 64.1 Å². The van der Waals surface area contributed by atoms with Crippen molar-refractivity contribution in [1.82, 2.24) is 0 Å². The molecule has 7 heteroatoms. The molecular formula is C11H16F6O. The first-order valence-electron chi connectivity index (χ1n) is 5.46. The zero-order valence-electron chi connectivity index (χ0n) is 10.6. The van der Waals surface area contributed by atoms with Crippen molar-refractivity contribution in [3.8, 4) is 0 Å². The van der Waals surface area contributed by atoms with Crippen molar-refractivity contribution in [2.24, 2.45) is 5.41 Å². The summed E-state index contributed by atoms with van der Waals surface area (Å²) in [6.07, 6.45) is -10.7. The molecular weight excluding hydrogens is 262 g/mol. The highest BCUT2D eigenvalue weighted by molar-refractivity contribution is 5.03. The fourth-order valence-electron chi connectivity index (χ4n) is 2.77. The van der Waals surface area contributed by atoms with E-state index in [1.54, 1.807) is 0 Å². The van der Waals surface area contributed by atoms with E-state index in [0.717, 1.165) is 0 Å². The van der Waals surface area contributed by atoms with Crippen LogP contribution in [0.3, 0.4) is 0 Å². The number of hydrogen-bond donors (Lipinski definition) is 0. The van der Waals surface area contributed by atoms with Gasteiger partial charge in [0.1, 0.15) is 0 Å². The zero-order chi connectivity index (χ0) is 14.6. The Labute approximate surface area is 101 Å². The smallest absolute Gasteiger partial charge is 0.350 e. The van der Waals surface area contributed by atoms with E-state index < -0.39 is 41.8 Å². The van der Waals surface area contributed by atoms with Gasteiger partial charge in [-0.3, -0.25) is 0 Å². The highest BCUT2D eigenvalue weighted by atomic mass is 19.4. The minimum atomic E-state index is -4.84. The van der Waals surface area contributed by atoms with Gasteiger partial charge in [-0.05, 0) is 32.1 Å². The molecule has 108 valence electrons. The Morgan fingerprint density at radius 3 is 1.22 bits per heavy atom. The van der Waals surface area contributed by atoms with Gasteiger partial charge in [0.2, 0.25) is 0 Å². The summed E-state index contributed by atoms with van der Waals surface area (Å²) >= 11 is 0. The second kappa shape index (κ2) is 3.77. The molecule has 1 saturated heterocycles. The molecule has 2 atom stereocenters. The topological polar surface area (TPSA) is 9.23 Å². The van der Waals surface area contributed by atoms with E-state index in [2.05, 4.69) is 4.74 Å². The summed E-state index contributed by atoms with van der Waals surface area (Å²) in [7, 11) is 0. The molecule has 2 unspecified atom stereocenters. The summed E-state index contributed by atoms with van der Waals surface area (Å²) in [5, 5.41) is 0. The average molecular weight is 278 g/mol. The normalized spacial score (nSPS) is 37.7. The van der Waals surface area contributed by atoms with E-state index in [9.17, 15) is 26.3 Å². The van der Waals surface area contributed by atoms with Crippen LogP contribution in [0.25, 0.3) is 0 Å². The molecule has 0 aromatic heterocycles. The molecule has 18 heavy (non-hydrogen) atoms. The molecule has 1 heterocycles. The van der Waals surface area contributed by atoms with E-state index in [1.165, 1.54) is 13.8 Å². The van der Waals surface area contributed by atoms with E-state index in [-0.39, 0.29) is 0 Å². The maximum atomic E-state index is 12.9. The van der Waals surface area contributed by atoms with Gasteiger partial charge in [-0.15, -0.1) is 0 Å². The second-order valence-electron chi connectivity index (χ2n) is 6.08. The van der Waals surface area contributed by atoms with Gasteiger partial charge in [0.25, 0.3) is 0 Å². The Balaban J connectivity index is 3.23. The Hall–Kier alpha value is -0.460. The molecule has 0 aromatic carbocycles. The first-order chi connectivity index (χ1) is 7.62. The molecule has 0 amide bonds. The van der Waals surface area contributed by atoms with Gasteiger partial charge in [-0.1, -0.05) is 13.8 Å². The lowest BCUT2D eigenvalue weighted by Crippen LogP contribution is -2.62. The standard InChI is InChI=1S/C11H16F6O/c1-7(2)5-8(3,10(12,13)14)18-9(4,6-7)11(15,16)17/h5-6H2,1-4H3. The largest absolute Gasteiger partial charge is 0.417 e. The van der Waals surface area contributed by atoms with Crippen LogP contribution in [0.2, 0.25) is 0 Å².